The molecule has 0 aliphatic carbocycles. The summed E-state index contributed by atoms with van der Waals surface area (Å²) in [5.74, 6) is 3.92. The fourth-order valence-corrected chi connectivity index (χ4v) is 10.5. The van der Waals surface area contributed by atoms with Crippen molar-refractivity contribution in [3.8, 4) is 23.0 Å². The van der Waals surface area contributed by atoms with Gasteiger partial charge in [-0.2, -0.15) is 0 Å². The van der Waals surface area contributed by atoms with Gasteiger partial charge in [0.1, 0.15) is 23.0 Å². The van der Waals surface area contributed by atoms with E-state index < -0.39 is 0 Å². The molecule has 4 aromatic carbocycles. The van der Waals surface area contributed by atoms with E-state index in [1.54, 1.807) is 28.4 Å². The van der Waals surface area contributed by atoms with Crippen molar-refractivity contribution < 1.29 is 18.9 Å². The predicted molar refractivity (Wildman–Crippen MR) is 175 cm³/mol. The number of benzene rings is 4. The normalized spacial score (nSPS) is 11.1. The summed E-state index contributed by atoms with van der Waals surface area (Å²) >= 11 is 0. The maximum absolute atomic E-state index is 5.73. The maximum Gasteiger partial charge on any atom is 0.122 e. The molecule has 4 nitrogen and oxygen atoms in total. The summed E-state index contributed by atoms with van der Waals surface area (Å²) in [5, 5.41) is 0. The van der Waals surface area contributed by atoms with Crippen molar-refractivity contribution in [1.82, 2.24) is 0 Å². The van der Waals surface area contributed by atoms with Crippen LogP contribution in [0.3, 0.4) is 0 Å². The minimum Gasteiger partial charge on any atom is -0.496 e. The zero-order valence-electron chi connectivity index (χ0n) is 24.7. The summed E-state index contributed by atoms with van der Waals surface area (Å²) in [4.78, 5) is 0. The molecular formula is C35H42O4P2. The van der Waals surface area contributed by atoms with Gasteiger partial charge in [0.05, 0.1) is 28.4 Å². The lowest BCUT2D eigenvalue weighted by molar-refractivity contribution is 0.410. The van der Waals surface area contributed by atoms with Gasteiger partial charge >= 0.3 is 0 Å². The SMILES string of the molecule is COc1ccccc1CP(CCCP(Cc1ccccc1OC)Cc1ccccc1OC)Cc1ccccc1OC. The van der Waals surface area contributed by atoms with Crippen molar-refractivity contribution in [2.45, 2.75) is 31.1 Å². The van der Waals surface area contributed by atoms with Crippen LogP contribution in [0.2, 0.25) is 0 Å². The van der Waals surface area contributed by atoms with Crippen LogP contribution in [0.25, 0.3) is 0 Å². The number of hydrogen-bond acceptors (Lipinski definition) is 4. The monoisotopic (exact) mass is 588 g/mol. The van der Waals surface area contributed by atoms with E-state index in [-0.39, 0.29) is 15.8 Å². The number of rotatable bonds is 16. The molecule has 0 heterocycles. The summed E-state index contributed by atoms with van der Waals surface area (Å²) in [6, 6.07) is 33.8. The summed E-state index contributed by atoms with van der Waals surface area (Å²) in [6.45, 7) is 0. The number of para-hydroxylation sites is 4. The number of methoxy groups -OCH3 is 4. The summed E-state index contributed by atoms with van der Waals surface area (Å²) < 4.78 is 22.9. The Labute approximate surface area is 248 Å². The molecule has 0 aliphatic heterocycles. The van der Waals surface area contributed by atoms with Crippen LogP contribution in [0.5, 0.6) is 23.0 Å². The van der Waals surface area contributed by atoms with Gasteiger partial charge in [-0.05, 0) is 89.9 Å². The molecule has 6 heteroatoms. The third-order valence-corrected chi connectivity index (χ3v) is 12.3. The molecule has 4 rings (SSSR count). The minimum absolute atomic E-state index is 0.324. The molecule has 0 bridgehead atoms. The average Bonchev–Trinajstić information content (AvgIpc) is 3.02. The van der Waals surface area contributed by atoms with Crippen molar-refractivity contribution in [3.63, 3.8) is 0 Å². The predicted octanol–water partition coefficient (Wildman–Crippen LogP) is 9.18. The van der Waals surface area contributed by atoms with Gasteiger partial charge in [0.2, 0.25) is 0 Å². The molecular weight excluding hydrogens is 546 g/mol. The lowest BCUT2D eigenvalue weighted by Gasteiger charge is -2.24. The van der Waals surface area contributed by atoms with Crippen LogP contribution in [0.4, 0.5) is 0 Å². The van der Waals surface area contributed by atoms with E-state index in [2.05, 4.69) is 72.8 Å². The largest absolute Gasteiger partial charge is 0.496 e. The Hall–Kier alpha value is -3.06. The van der Waals surface area contributed by atoms with Crippen molar-refractivity contribution in [1.29, 1.82) is 0 Å². The Kier molecular flexibility index (Phi) is 12.4. The summed E-state index contributed by atoms with van der Waals surface area (Å²) in [6.07, 6.45) is 7.72. The van der Waals surface area contributed by atoms with Crippen LogP contribution in [0.15, 0.2) is 97.1 Å². The van der Waals surface area contributed by atoms with E-state index in [0.29, 0.717) is 0 Å². The standard InChI is InChI=1S/C35H42O4P2/c1-36-32-18-9-5-14-28(32)24-40(25-29-15-6-10-19-33(29)37-2)22-13-23-41(26-30-16-7-11-20-34(30)38-3)27-31-17-8-12-21-35(31)39-4/h5-12,14-21H,13,22-27H2,1-4H3. The van der Waals surface area contributed by atoms with E-state index >= 15 is 0 Å². The second-order valence-electron chi connectivity index (χ2n) is 10.0. The lowest BCUT2D eigenvalue weighted by atomic mass is 10.2. The summed E-state index contributed by atoms with van der Waals surface area (Å²) in [5.41, 5.74) is 5.17. The maximum atomic E-state index is 5.73. The van der Waals surface area contributed by atoms with Gasteiger partial charge in [-0.25, -0.2) is 0 Å². The highest BCUT2D eigenvalue weighted by Gasteiger charge is 2.19. The number of ether oxygens (including phenoxy) is 4. The highest BCUT2D eigenvalue weighted by Crippen LogP contribution is 2.51. The second kappa shape index (κ2) is 16.4. The first-order chi connectivity index (χ1) is 20.1. The van der Waals surface area contributed by atoms with Gasteiger partial charge in [0, 0.05) is 0 Å². The van der Waals surface area contributed by atoms with Crippen LogP contribution >= 0.6 is 15.8 Å². The van der Waals surface area contributed by atoms with Crippen LogP contribution in [-0.2, 0) is 24.6 Å². The van der Waals surface area contributed by atoms with Crippen molar-refractivity contribution in [3.05, 3.63) is 119 Å². The fraction of sp³-hybridized carbons (Fsp3) is 0.314. The number of hydrogen-bond donors (Lipinski definition) is 0. The van der Waals surface area contributed by atoms with Gasteiger partial charge in [-0.15, -0.1) is 0 Å². The molecule has 216 valence electrons. The van der Waals surface area contributed by atoms with E-state index in [9.17, 15) is 0 Å². The Balaban J connectivity index is 1.53. The molecule has 41 heavy (non-hydrogen) atoms. The molecule has 0 saturated heterocycles. The van der Waals surface area contributed by atoms with E-state index in [1.165, 1.54) is 41.0 Å². The molecule has 0 aliphatic rings. The molecule has 0 N–H and O–H groups in total. The molecule has 0 aromatic heterocycles. The molecule has 0 unspecified atom stereocenters. The third kappa shape index (κ3) is 8.96. The van der Waals surface area contributed by atoms with Crippen molar-refractivity contribution >= 4 is 15.8 Å². The highest BCUT2D eigenvalue weighted by molar-refractivity contribution is 7.57. The van der Waals surface area contributed by atoms with Gasteiger partial charge in [-0.1, -0.05) is 88.6 Å². The van der Waals surface area contributed by atoms with Crippen LogP contribution < -0.4 is 18.9 Å². The first kappa shape index (κ1) is 30.9. The molecule has 0 spiro atoms. The van der Waals surface area contributed by atoms with Gasteiger partial charge < -0.3 is 18.9 Å². The lowest BCUT2D eigenvalue weighted by Crippen LogP contribution is -2.02. The molecule has 0 fully saturated rings. The fourth-order valence-electron chi connectivity index (χ4n) is 5.24. The first-order valence-corrected chi connectivity index (χ1v) is 17.9. The van der Waals surface area contributed by atoms with Gasteiger partial charge in [0.15, 0.2) is 0 Å². The molecule has 4 aromatic rings. The van der Waals surface area contributed by atoms with Gasteiger partial charge in [-0.3, -0.25) is 0 Å². The van der Waals surface area contributed by atoms with Gasteiger partial charge in [0.25, 0.3) is 0 Å². The van der Waals surface area contributed by atoms with E-state index in [4.69, 9.17) is 18.9 Å². The molecule has 0 radical (unpaired) electrons. The average molecular weight is 589 g/mol. The molecule has 0 atom stereocenters. The quantitative estimate of drug-likeness (QED) is 0.122. The topological polar surface area (TPSA) is 36.9 Å². The van der Waals surface area contributed by atoms with Crippen LogP contribution in [-0.4, -0.2) is 40.8 Å². The smallest absolute Gasteiger partial charge is 0.122 e. The minimum atomic E-state index is -0.324. The van der Waals surface area contributed by atoms with Crippen molar-refractivity contribution in [2.75, 3.05) is 40.8 Å². The van der Waals surface area contributed by atoms with Crippen LogP contribution in [0, 0.1) is 0 Å². The zero-order valence-corrected chi connectivity index (χ0v) is 26.5. The van der Waals surface area contributed by atoms with E-state index in [1.807, 2.05) is 24.3 Å². The van der Waals surface area contributed by atoms with Crippen molar-refractivity contribution in [2.24, 2.45) is 0 Å². The highest BCUT2D eigenvalue weighted by atomic mass is 31.1. The second-order valence-corrected chi connectivity index (χ2v) is 14.9. The Bertz CT molecular complexity index is 1160. The Morgan fingerprint density at radius 2 is 0.634 bits per heavy atom. The Morgan fingerprint density at radius 1 is 0.390 bits per heavy atom. The Morgan fingerprint density at radius 3 is 0.878 bits per heavy atom. The molecule has 0 amide bonds. The first-order valence-electron chi connectivity index (χ1n) is 14.1. The van der Waals surface area contributed by atoms with Crippen LogP contribution in [0.1, 0.15) is 28.7 Å². The third-order valence-electron chi connectivity index (χ3n) is 7.29. The zero-order chi connectivity index (χ0) is 28.9. The summed E-state index contributed by atoms with van der Waals surface area (Å²) in [7, 11) is 6.42. The molecule has 0 saturated carbocycles. The van der Waals surface area contributed by atoms with E-state index in [0.717, 1.165) is 47.6 Å².